The van der Waals surface area contributed by atoms with Crippen LogP contribution in [0.15, 0.2) is 0 Å². The normalized spacial score (nSPS) is 44.8. The van der Waals surface area contributed by atoms with Crippen LogP contribution in [0.2, 0.25) is 0 Å². The number of hydrogen-bond acceptors (Lipinski definition) is 5. The van der Waals surface area contributed by atoms with E-state index in [0.717, 1.165) is 39.1 Å². The van der Waals surface area contributed by atoms with Crippen LogP contribution >= 0.6 is 11.8 Å². The lowest BCUT2D eigenvalue weighted by Gasteiger charge is -2.45. The van der Waals surface area contributed by atoms with Crippen molar-refractivity contribution in [2.45, 2.75) is 55.4 Å². The zero-order valence-corrected chi connectivity index (χ0v) is 12.6. The Morgan fingerprint density at radius 3 is 2.89 bits per heavy atom. The summed E-state index contributed by atoms with van der Waals surface area (Å²) in [5.41, 5.74) is 3.13. The van der Waals surface area contributed by atoms with Crippen LogP contribution in [0.4, 0.5) is 0 Å². The summed E-state index contributed by atoms with van der Waals surface area (Å²) in [6.45, 7) is 4.85. The van der Waals surface area contributed by atoms with Crippen molar-refractivity contribution in [3.8, 4) is 0 Å². The minimum Gasteiger partial charge on any atom is -0.378 e. The summed E-state index contributed by atoms with van der Waals surface area (Å²) in [5.74, 6) is 7.80. The van der Waals surface area contributed by atoms with E-state index in [2.05, 4.69) is 24.1 Å². The average Bonchev–Trinajstić information content (AvgIpc) is 3.01. The van der Waals surface area contributed by atoms with Crippen molar-refractivity contribution < 1.29 is 9.47 Å². The first kappa shape index (κ1) is 14.1. The summed E-state index contributed by atoms with van der Waals surface area (Å²) in [4.78, 5) is 0. The van der Waals surface area contributed by atoms with Crippen molar-refractivity contribution in [3.63, 3.8) is 0 Å². The van der Waals surface area contributed by atoms with E-state index in [9.17, 15) is 0 Å². The third kappa shape index (κ3) is 2.68. The number of nitrogens with two attached hydrogens (primary N) is 1. The fraction of sp³-hybridized carbons (Fsp3) is 1.00. The molecule has 4 atom stereocenters. The Balaban J connectivity index is 1.72. The highest BCUT2D eigenvalue weighted by molar-refractivity contribution is 8.00. The van der Waals surface area contributed by atoms with Gasteiger partial charge in [-0.3, -0.25) is 11.3 Å². The molecule has 0 bridgehead atoms. The van der Waals surface area contributed by atoms with E-state index in [1.807, 2.05) is 0 Å². The Kier molecular flexibility index (Phi) is 4.11. The smallest absolute Gasteiger partial charge is 0.0939 e. The van der Waals surface area contributed by atoms with Crippen LogP contribution in [0.25, 0.3) is 0 Å². The molecule has 0 saturated carbocycles. The Bertz CT molecular complexity index is 315. The van der Waals surface area contributed by atoms with E-state index in [0.29, 0.717) is 12.0 Å². The predicted octanol–water partition coefficient (Wildman–Crippen LogP) is 1.69. The summed E-state index contributed by atoms with van der Waals surface area (Å²) >= 11 is 2.09. The zero-order chi connectivity index (χ0) is 13.3. The maximum absolute atomic E-state index is 6.05. The Hall–Kier alpha value is 0.190. The Labute approximate surface area is 120 Å². The van der Waals surface area contributed by atoms with Gasteiger partial charge in [0.15, 0.2) is 0 Å². The lowest BCUT2D eigenvalue weighted by molar-refractivity contribution is -0.104. The van der Waals surface area contributed by atoms with Gasteiger partial charge in [-0.2, -0.15) is 11.8 Å². The molecule has 19 heavy (non-hydrogen) atoms. The number of rotatable bonds is 3. The second-order valence-electron chi connectivity index (χ2n) is 6.50. The van der Waals surface area contributed by atoms with Gasteiger partial charge in [0.05, 0.1) is 12.2 Å². The van der Waals surface area contributed by atoms with Crippen molar-refractivity contribution >= 4 is 11.8 Å². The molecular weight excluding hydrogens is 260 g/mol. The Morgan fingerprint density at radius 2 is 2.26 bits per heavy atom. The largest absolute Gasteiger partial charge is 0.378 e. The second kappa shape index (κ2) is 5.53. The van der Waals surface area contributed by atoms with Crippen molar-refractivity contribution in [2.75, 3.05) is 25.6 Å². The first-order valence-electron chi connectivity index (χ1n) is 7.49. The average molecular weight is 286 g/mol. The lowest BCUT2D eigenvalue weighted by atomic mass is 9.76. The number of hydrazine groups is 1. The van der Waals surface area contributed by atoms with E-state index >= 15 is 0 Å². The second-order valence-corrected chi connectivity index (χ2v) is 8.13. The van der Waals surface area contributed by atoms with Gasteiger partial charge in [-0.05, 0) is 44.3 Å². The van der Waals surface area contributed by atoms with E-state index in [1.54, 1.807) is 0 Å². The molecule has 3 aliphatic heterocycles. The van der Waals surface area contributed by atoms with Gasteiger partial charge >= 0.3 is 0 Å². The van der Waals surface area contributed by atoms with E-state index in [4.69, 9.17) is 15.3 Å². The van der Waals surface area contributed by atoms with Gasteiger partial charge < -0.3 is 9.47 Å². The highest BCUT2D eigenvalue weighted by Gasteiger charge is 2.48. The van der Waals surface area contributed by atoms with Gasteiger partial charge in [0.1, 0.15) is 0 Å². The number of ether oxygens (including phenoxy) is 2. The van der Waals surface area contributed by atoms with Crippen LogP contribution in [0.5, 0.6) is 0 Å². The van der Waals surface area contributed by atoms with E-state index < -0.39 is 0 Å². The molecule has 3 rings (SSSR count). The van der Waals surface area contributed by atoms with Gasteiger partial charge in [0, 0.05) is 30.4 Å². The molecule has 0 radical (unpaired) electrons. The molecule has 0 aromatic rings. The molecule has 0 aromatic heterocycles. The van der Waals surface area contributed by atoms with Gasteiger partial charge in [-0.15, -0.1) is 0 Å². The number of nitrogens with one attached hydrogen (secondary N) is 1. The summed E-state index contributed by atoms with van der Waals surface area (Å²) in [5, 5.41) is 0. The summed E-state index contributed by atoms with van der Waals surface area (Å²) in [6.07, 6.45) is 5.85. The van der Waals surface area contributed by atoms with Gasteiger partial charge in [-0.1, -0.05) is 0 Å². The number of hydrogen-bond donors (Lipinski definition) is 2. The van der Waals surface area contributed by atoms with Crippen molar-refractivity contribution in [1.29, 1.82) is 0 Å². The third-order valence-electron chi connectivity index (χ3n) is 5.16. The molecule has 1 spiro atoms. The highest BCUT2D eigenvalue weighted by atomic mass is 32.2. The van der Waals surface area contributed by atoms with Crippen molar-refractivity contribution in [1.82, 2.24) is 5.43 Å². The van der Waals surface area contributed by atoms with Crippen LogP contribution in [0.3, 0.4) is 0 Å². The molecular formula is C14H26N2O2S. The molecule has 4 nitrogen and oxygen atoms in total. The third-order valence-corrected chi connectivity index (χ3v) is 6.77. The summed E-state index contributed by atoms with van der Waals surface area (Å²) < 4.78 is 11.9. The maximum Gasteiger partial charge on any atom is 0.0939 e. The van der Waals surface area contributed by atoms with Crippen LogP contribution in [-0.4, -0.2) is 42.0 Å². The standard InChI is InChI=1S/C14H26N2O2S/c1-13(4-2-8-19-13)12(16-15)11-3-6-18-14(9-11)5-7-17-10-14/h11-12,16H,2-10,15H2,1H3. The van der Waals surface area contributed by atoms with Crippen LogP contribution in [0, 0.1) is 5.92 Å². The van der Waals surface area contributed by atoms with Crippen molar-refractivity contribution in [3.05, 3.63) is 0 Å². The lowest BCUT2D eigenvalue weighted by Crippen LogP contribution is -2.56. The number of thioether (sulfide) groups is 1. The quantitative estimate of drug-likeness (QED) is 0.611. The molecule has 3 aliphatic rings. The molecule has 4 unspecified atom stereocenters. The topological polar surface area (TPSA) is 56.5 Å². The van der Waals surface area contributed by atoms with Crippen LogP contribution < -0.4 is 11.3 Å². The molecule has 3 fully saturated rings. The van der Waals surface area contributed by atoms with Crippen molar-refractivity contribution in [2.24, 2.45) is 11.8 Å². The van der Waals surface area contributed by atoms with Gasteiger partial charge in [0.2, 0.25) is 0 Å². The minimum absolute atomic E-state index is 0.0162. The molecule has 3 saturated heterocycles. The van der Waals surface area contributed by atoms with Crippen LogP contribution in [0.1, 0.15) is 39.0 Å². The molecule has 3 heterocycles. The molecule has 0 aliphatic carbocycles. The SMILES string of the molecule is CC1(C(NN)C2CCOC3(CCOC3)C2)CCCS1. The van der Waals surface area contributed by atoms with E-state index in [-0.39, 0.29) is 10.3 Å². The highest BCUT2D eigenvalue weighted by Crippen LogP contribution is 2.46. The maximum atomic E-state index is 6.05. The fourth-order valence-electron chi connectivity index (χ4n) is 4.07. The van der Waals surface area contributed by atoms with Crippen LogP contribution in [-0.2, 0) is 9.47 Å². The molecule has 0 aromatic carbocycles. The molecule has 110 valence electrons. The Morgan fingerprint density at radius 1 is 1.37 bits per heavy atom. The zero-order valence-electron chi connectivity index (χ0n) is 11.8. The van der Waals surface area contributed by atoms with Gasteiger partial charge in [0.25, 0.3) is 0 Å². The first-order chi connectivity index (χ1) is 9.18. The first-order valence-corrected chi connectivity index (χ1v) is 8.48. The molecule has 0 amide bonds. The fourth-order valence-corrected chi connectivity index (χ4v) is 5.55. The van der Waals surface area contributed by atoms with Gasteiger partial charge in [-0.25, -0.2) is 0 Å². The molecule has 3 N–H and O–H groups in total. The summed E-state index contributed by atoms with van der Waals surface area (Å²) in [7, 11) is 0. The molecule has 5 heteroatoms. The monoisotopic (exact) mass is 286 g/mol. The minimum atomic E-state index is -0.0162. The predicted molar refractivity (Wildman–Crippen MR) is 78.1 cm³/mol. The summed E-state index contributed by atoms with van der Waals surface area (Å²) in [6, 6.07) is 0.390. The van der Waals surface area contributed by atoms with E-state index in [1.165, 1.54) is 18.6 Å².